The second kappa shape index (κ2) is 9.78. The molecule has 4 N–H and O–H groups in total. The summed E-state index contributed by atoms with van der Waals surface area (Å²) in [7, 11) is 6.09. The average molecular weight is 498 g/mol. The number of aromatic hydroxyl groups is 1. The van der Waals surface area contributed by atoms with Gasteiger partial charge in [-0.2, -0.15) is 9.61 Å². The Labute approximate surface area is 219 Å². The number of phenols is 1. The molecule has 0 unspecified atom stereocenters. The highest BCUT2D eigenvalue weighted by atomic mass is 16.3. The fourth-order valence-electron chi connectivity index (χ4n) is 4.37. The number of benzene rings is 3. The van der Waals surface area contributed by atoms with Gasteiger partial charge in [0.25, 0.3) is 5.91 Å². The number of carbonyl (C=O) groups is 1. The highest BCUT2D eigenvalue weighted by molar-refractivity contribution is 6.36. The van der Waals surface area contributed by atoms with Crippen molar-refractivity contribution in [3.05, 3.63) is 108 Å². The van der Waals surface area contributed by atoms with Crippen LogP contribution < -0.4 is 16.1 Å². The zero-order valence-electron chi connectivity index (χ0n) is 20.3. The zero-order valence-corrected chi connectivity index (χ0v) is 20.3. The number of carbonyl (C=O) groups excluding carboxylic acids is 1. The molecule has 0 fully saturated rings. The molecule has 0 atom stereocenters. The van der Waals surface area contributed by atoms with Crippen molar-refractivity contribution in [2.75, 3.05) is 5.32 Å². The van der Waals surface area contributed by atoms with Crippen molar-refractivity contribution in [2.45, 2.75) is 13.1 Å². The first-order valence-corrected chi connectivity index (χ1v) is 12.2. The van der Waals surface area contributed by atoms with E-state index in [1.54, 1.807) is 28.9 Å². The molecule has 0 saturated heterocycles. The van der Waals surface area contributed by atoms with Crippen LogP contribution in [-0.2, 0) is 13.1 Å². The maximum Gasteiger partial charge on any atom is 0.267 e. The van der Waals surface area contributed by atoms with E-state index in [1.807, 2.05) is 66.7 Å². The first kappa shape index (κ1) is 23.4. The summed E-state index contributed by atoms with van der Waals surface area (Å²) in [6.07, 6.45) is 1.56. The predicted octanol–water partition coefficient (Wildman–Crippen LogP) is 3.92. The molecular weight excluding hydrogens is 475 g/mol. The van der Waals surface area contributed by atoms with E-state index in [0.29, 0.717) is 47.0 Å². The van der Waals surface area contributed by atoms with Gasteiger partial charge in [0.05, 0.1) is 5.69 Å². The van der Waals surface area contributed by atoms with Crippen LogP contribution in [0.25, 0.3) is 27.8 Å². The van der Waals surface area contributed by atoms with Crippen LogP contribution in [0.2, 0.25) is 0 Å². The Balaban J connectivity index is 1.14. The largest absolute Gasteiger partial charge is 0.507 e. The van der Waals surface area contributed by atoms with E-state index in [-0.39, 0.29) is 11.7 Å². The highest BCUT2D eigenvalue weighted by Gasteiger charge is 2.13. The predicted molar refractivity (Wildman–Crippen MR) is 149 cm³/mol. The van der Waals surface area contributed by atoms with Crippen molar-refractivity contribution >= 4 is 41.6 Å². The number of H-pyrrole nitrogens is 1. The number of nitrogens with zero attached hydrogens (tertiary/aromatic N) is 3. The van der Waals surface area contributed by atoms with E-state index in [0.717, 1.165) is 22.0 Å². The lowest BCUT2D eigenvalue weighted by Gasteiger charge is -2.12. The summed E-state index contributed by atoms with van der Waals surface area (Å²) < 4.78 is 1.65. The molecule has 0 saturated carbocycles. The molecule has 9 heteroatoms. The van der Waals surface area contributed by atoms with Gasteiger partial charge in [-0.15, -0.1) is 0 Å². The Hall–Kier alpha value is -5.05. The van der Waals surface area contributed by atoms with Crippen LogP contribution in [0.15, 0.2) is 91.1 Å². The molecule has 0 spiro atoms. The standard InChI is InChI=1S/C29H23BN6O2/c30-22-17-33-36-27(14-24(35-28(22)36)21-6-2-4-8-26(21)37)31-15-18-9-11-19(12-10-18)16-32-29(38)25-13-20-5-1-3-7-23(20)34-25/h1-14,17,31,34,37H,15-16H2,(H,32,38). The first-order chi connectivity index (χ1) is 18.5. The average Bonchev–Trinajstić information content (AvgIpc) is 3.55. The Morgan fingerprint density at radius 1 is 0.947 bits per heavy atom. The van der Waals surface area contributed by atoms with E-state index in [1.165, 1.54) is 0 Å². The molecule has 3 aromatic heterocycles. The molecule has 38 heavy (non-hydrogen) atoms. The number of rotatable bonds is 7. The van der Waals surface area contributed by atoms with E-state index in [4.69, 9.17) is 7.85 Å². The van der Waals surface area contributed by atoms with E-state index in [2.05, 4.69) is 25.7 Å². The molecule has 0 bridgehead atoms. The normalized spacial score (nSPS) is 11.2. The van der Waals surface area contributed by atoms with Crippen LogP contribution in [0.3, 0.4) is 0 Å². The third-order valence-corrected chi connectivity index (χ3v) is 6.40. The molecule has 3 aromatic carbocycles. The topological polar surface area (TPSA) is 107 Å². The van der Waals surface area contributed by atoms with Crippen LogP contribution in [0.5, 0.6) is 5.75 Å². The van der Waals surface area contributed by atoms with Gasteiger partial charge in [0, 0.05) is 41.8 Å². The monoisotopic (exact) mass is 498 g/mol. The molecule has 0 aliphatic rings. The number of anilines is 1. The molecule has 6 aromatic rings. The molecular formula is C29H23BN6O2. The van der Waals surface area contributed by atoms with Crippen molar-refractivity contribution in [3.8, 4) is 17.0 Å². The number of nitrogens with one attached hydrogen (secondary N) is 3. The Kier molecular flexibility index (Phi) is 6.01. The molecule has 0 aliphatic heterocycles. The number of aromatic amines is 1. The highest BCUT2D eigenvalue weighted by Crippen LogP contribution is 2.29. The smallest absolute Gasteiger partial charge is 0.267 e. The van der Waals surface area contributed by atoms with E-state index in [9.17, 15) is 9.90 Å². The van der Waals surface area contributed by atoms with Crippen molar-refractivity contribution in [1.29, 1.82) is 0 Å². The summed E-state index contributed by atoms with van der Waals surface area (Å²) in [4.78, 5) is 20.3. The molecule has 6 rings (SSSR count). The van der Waals surface area contributed by atoms with Gasteiger partial charge < -0.3 is 20.7 Å². The minimum atomic E-state index is -0.146. The molecule has 3 heterocycles. The number of amides is 1. The minimum Gasteiger partial charge on any atom is -0.507 e. The van der Waals surface area contributed by atoms with Crippen molar-refractivity contribution in [3.63, 3.8) is 0 Å². The number of para-hydroxylation sites is 2. The van der Waals surface area contributed by atoms with Crippen LogP contribution in [0, 0.1) is 0 Å². The Morgan fingerprint density at radius 3 is 2.47 bits per heavy atom. The fourth-order valence-corrected chi connectivity index (χ4v) is 4.37. The number of hydrogen-bond donors (Lipinski definition) is 4. The summed E-state index contributed by atoms with van der Waals surface area (Å²) in [5.74, 6) is 0.688. The first-order valence-electron chi connectivity index (χ1n) is 12.2. The molecule has 2 radical (unpaired) electrons. The third kappa shape index (κ3) is 4.57. The zero-order chi connectivity index (χ0) is 26.1. The number of phenolic OH excluding ortho intramolecular Hbond substituents is 1. The van der Waals surface area contributed by atoms with Crippen molar-refractivity contribution in [2.24, 2.45) is 0 Å². The van der Waals surface area contributed by atoms with Gasteiger partial charge in [0.1, 0.15) is 25.1 Å². The van der Waals surface area contributed by atoms with Crippen molar-refractivity contribution in [1.82, 2.24) is 24.9 Å². The minimum absolute atomic E-state index is 0.139. The number of fused-ring (bicyclic) bond motifs is 2. The SMILES string of the molecule is [B]c1cnn2c(NCc3ccc(CNC(=O)c4cc5ccccc5[nH]4)cc3)cc(-c3ccccc3O)nc12. The molecule has 1 amide bonds. The van der Waals surface area contributed by atoms with Gasteiger partial charge in [-0.25, -0.2) is 4.98 Å². The summed E-state index contributed by atoms with van der Waals surface area (Å²) in [6.45, 7) is 0.949. The summed E-state index contributed by atoms with van der Waals surface area (Å²) in [6, 6.07) is 26.5. The van der Waals surface area contributed by atoms with Crippen molar-refractivity contribution < 1.29 is 9.90 Å². The van der Waals surface area contributed by atoms with Crippen LogP contribution in [0.4, 0.5) is 5.82 Å². The van der Waals surface area contributed by atoms with Gasteiger partial charge >= 0.3 is 0 Å². The quantitative estimate of drug-likeness (QED) is 0.250. The number of aromatic nitrogens is 4. The van der Waals surface area contributed by atoms with Gasteiger partial charge in [-0.1, -0.05) is 54.6 Å². The lowest BCUT2D eigenvalue weighted by molar-refractivity contribution is 0.0946. The molecule has 184 valence electrons. The van der Waals surface area contributed by atoms with E-state index >= 15 is 0 Å². The third-order valence-electron chi connectivity index (χ3n) is 6.40. The second-order valence-corrected chi connectivity index (χ2v) is 9.00. The van der Waals surface area contributed by atoms with Crippen LogP contribution in [0.1, 0.15) is 21.6 Å². The lowest BCUT2D eigenvalue weighted by Crippen LogP contribution is -2.23. The van der Waals surface area contributed by atoms with Gasteiger partial charge in [-0.3, -0.25) is 4.79 Å². The summed E-state index contributed by atoms with van der Waals surface area (Å²) in [5, 5.41) is 22.0. The van der Waals surface area contributed by atoms with E-state index < -0.39 is 0 Å². The Morgan fingerprint density at radius 2 is 1.68 bits per heavy atom. The van der Waals surface area contributed by atoms with Gasteiger partial charge in [-0.05, 0) is 40.9 Å². The number of hydrogen-bond acceptors (Lipinski definition) is 5. The van der Waals surface area contributed by atoms with Gasteiger partial charge in [0.15, 0.2) is 5.65 Å². The fraction of sp³-hybridized carbons (Fsp3) is 0.0690. The maximum atomic E-state index is 12.6. The lowest BCUT2D eigenvalue weighted by atomic mass is 10.0. The molecule has 8 nitrogen and oxygen atoms in total. The molecule has 0 aliphatic carbocycles. The maximum absolute atomic E-state index is 12.6. The van der Waals surface area contributed by atoms with Gasteiger partial charge in [0.2, 0.25) is 0 Å². The summed E-state index contributed by atoms with van der Waals surface area (Å²) in [5.41, 5.74) is 5.67. The Bertz CT molecular complexity index is 1740. The van der Waals surface area contributed by atoms with Crippen LogP contribution in [-0.4, -0.2) is 38.4 Å². The summed E-state index contributed by atoms with van der Waals surface area (Å²) >= 11 is 0. The van der Waals surface area contributed by atoms with Crippen LogP contribution >= 0.6 is 0 Å². The second-order valence-electron chi connectivity index (χ2n) is 9.00.